The Morgan fingerprint density at radius 2 is 2.10 bits per heavy atom. The van der Waals surface area contributed by atoms with E-state index in [1.807, 2.05) is 0 Å². The lowest BCUT2D eigenvalue weighted by molar-refractivity contribution is -0.123. The fourth-order valence-electron chi connectivity index (χ4n) is 3.18. The van der Waals surface area contributed by atoms with E-state index in [2.05, 4.69) is 17.2 Å². The van der Waals surface area contributed by atoms with Crippen LogP contribution in [0, 0.1) is 5.92 Å². The lowest BCUT2D eigenvalue weighted by atomic mass is 9.88. The Kier molecular flexibility index (Phi) is 6.54. The monoisotopic (exact) mass is 436 g/mol. The lowest BCUT2D eigenvalue weighted by Crippen LogP contribution is -2.30. The number of anilines is 1. The summed E-state index contributed by atoms with van der Waals surface area (Å²) < 4.78 is 10.1. The average molecular weight is 437 g/mol. The zero-order valence-corrected chi connectivity index (χ0v) is 17.9. The van der Waals surface area contributed by atoms with Gasteiger partial charge in [0, 0.05) is 11.1 Å². The van der Waals surface area contributed by atoms with E-state index in [-0.39, 0.29) is 10.7 Å². The largest absolute Gasteiger partial charge is 0.465 e. The molecule has 7 nitrogen and oxygen atoms in total. The van der Waals surface area contributed by atoms with Crippen LogP contribution in [-0.2, 0) is 27.1 Å². The van der Waals surface area contributed by atoms with E-state index in [1.165, 1.54) is 43.7 Å². The van der Waals surface area contributed by atoms with E-state index in [0.717, 1.165) is 29.7 Å². The van der Waals surface area contributed by atoms with Crippen molar-refractivity contribution in [3.8, 4) is 0 Å². The molecular formula is C20H21ClN2O5S. The molecule has 1 N–H and O–H groups in total. The summed E-state index contributed by atoms with van der Waals surface area (Å²) in [5, 5.41) is 3.31. The molecule has 1 aliphatic rings. The first-order valence-electron chi connectivity index (χ1n) is 9.16. The minimum absolute atomic E-state index is 0.151. The number of thiophene rings is 1. The van der Waals surface area contributed by atoms with Gasteiger partial charge in [-0.25, -0.2) is 14.6 Å². The molecule has 0 radical (unpaired) electrons. The van der Waals surface area contributed by atoms with E-state index in [1.54, 1.807) is 0 Å². The third-order valence-corrected chi connectivity index (χ3v) is 6.13. The van der Waals surface area contributed by atoms with Crippen molar-refractivity contribution in [1.29, 1.82) is 0 Å². The van der Waals surface area contributed by atoms with Gasteiger partial charge in [0.25, 0.3) is 5.91 Å². The van der Waals surface area contributed by atoms with Crippen LogP contribution in [0.5, 0.6) is 0 Å². The predicted octanol–water partition coefficient (Wildman–Crippen LogP) is 3.89. The summed E-state index contributed by atoms with van der Waals surface area (Å²) in [7, 11) is 1.31. The summed E-state index contributed by atoms with van der Waals surface area (Å²) in [5.41, 5.74) is 1.53. The number of ether oxygens (including phenoxy) is 2. The molecule has 2 heterocycles. The molecule has 2 unspecified atom stereocenters. The Labute approximate surface area is 177 Å². The highest BCUT2D eigenvalue weighted by atomic mass is 35.5. The van der Waals surface area contributed by atoms with Gasteiger partial charge in [-0.15, -0.1) is 11.3 Å². The zero-order chi connectivity index (χ0) is 21.1. The van der Waals surface area contributed by atoms with Crippen molar-refractivity contribution in [3.05, 3.63) is 45.1 Å². The van der Waals surface area contributed by atoms with Crippen LogP contribution in [0.3, 0.4) is 0 Å². The highest BCUT2D eigenvalue weighted by Crippen LogP contribution is 2.40. The van der Waals surface area contributed by atoms with Gasteiger partial charge in [-0.3, -0.25) is 4.79 Å². The van der Waals surface area contributed by atoms with Crippen LogP contribution >= 0.6 is 22.9 Å². The Hall–Kier alpha value is -2.45. The first kappa shape index (κ1) is 21.3. The number of methoxy groups -OCH3 is 1. The van der Waals surface area contributed by atoms with E-state index in [0.29, 0.717) is 16.5 Å². The SMILES string of the molecule is COC(=O)c1c(NC(=O)C(C)OC(=O)c2ccnc(Cl)c2)sc2c1CCC(C)C2. The lowest BCUT2D eigenvalue weighted by Gasteiger charge is -2.18. The number of halogens is 1. The molecular weight excluding hydrogens is 416 g/mol. The Morgan fingerprint density at radius 3 is 2.79 bits per heavy atom. The molecule has 1 aliphatic carbocycles. The molecule has 29 heavy (non-hydrogen) atoms. The van der Waals surface area contributed by atoms with Crippen LogP contribution in [-0.4, -0.2) is 36.0 Å². The first-order chi connectivity index (χ1) is 13.8. The maximum Gasteiger partial charge on any atom is 0.341 e. The molecule has 0 fully saturated rings. The normalized spacial score (nSPS) is 16.5. The Bertz CT molecular complexity index is 958. The average Bonchev–Trinajstić information content (AvgIpc) is 3.03. The molecule has 2 aromatic heterocycles. The number of pyridine rings is 1. The van der Waals surface area contributed by atoms with Gasteiger partial charge in [0.15, 0.2) is 6.10 Å². The van der Waals surface area contributed by atoms with Gasteiger partial charge in [0.2, 0.25) is 0 Å². The second-order valence-electron chi connectivity index (χ2n) is 6.95. The summed E-state index contributed by atoms with van der Waals surface area (Å²) in [6.45, 7) is 3.62. The minimum atomic E-state index is -1.07. The third kappa shape index (κ3) is 4.76. The number of esters is 2. The molecule has 154 valence electrons. The van der Waals surface area contributed by atoms with E-state index in [9.17, 15) is 14.4 Å². The minimum Gasteiger partial charge on any atom is -0.465 e. The number of hydrogen-bond donors (Lipinski definition) is 1. The predicted molar refractivity (Wildman–Crippen MR) is 110 cm³/mol. The van der Waals surface area contributed by atoms with E-state index < -0.39 is 23.9 Å². The van der Waals surface area contributed by atoms with Crippen molar-refractivity contribution in [2.24, 2.45) is 5.92 Å². The summed E-state index contributed by atoms with van der Waals surface area (Å²) in [6.07, 6.45) is 2.90. The number of carbonyl (C=O) groups excluding carboxylic acids is 3. The maximum atomic E-state index is 12.6. The van der Waals surface area contributed by atoms with Crippen LogP contribution in [0.1, 0.15) is 51.4 Å². The van der Waals surface area contributed by atoms with Crippen LogP contribution in [0.4, 0.5) is 5.00 Å². The quantitative estimate of drug-likeness (QED) is 0.564. The summed E-state index contributed by atoms with van der Waals surface area (Å²) >= 11 is 7.15. The third-order valence-electron chi connectivity index (χ3n) is 4.75. The number of carbonyl (C=O) groups is 3. The van der Waals surface area contributed by atoms with Crippen LogP contribution in [0.15, 0.2) is 18.3 Å². The summed E-state index contributed by atoms with van der Waals surface area (Å²) in [5.74, 6) is -1.19. The molecule has 9 heteroatoms. The fourth-order valence-corrected chi connectivity index (χ4v) is 4.76. The smallest absolute Gasteiger partial charge is 0.341 e. The standard InChI is InChI=1S/C20H21ClN2O5S/c1-10-4-5-13-14(8-10)29-18(16(13)20(26)27-3)23-17(24)11(2)28-19(25)12-6-7-22-15(21)9-12/h6-7,9-11H,4-5,8H2,1-3H3,(H,23,24). The molecule has 0 saturated heterocycles. The molecule has 1 amide bonds. The second-order valence-corrected chi connectivity index (χ2v) is 8.44. The van der Waals surface area contributed by atoms with Gasteiger partial charge in [-0.05, 0) is 49.8 Å². The molecule has 2 atom stereocenters. The highest BCUT2D eigenvalue weighted by Gasteiger charge is 2.30. The van der Waals surface area contributed by atoms with Crippen molar-refractivity contribution in [1.82, 2.24) is 4.98 Å². The molecule has 0 saturated carbocycles. The summed E-state index contributed by atoms with van der Waals surface area (Å²) in [4.78, 5) is 42.0. The Morgan fingerprint density at radius 1 is 1.34 bits per heavy atom. The Balaban J connectivity index is 1.76. The number of rotatable bonds is 5. The van der Waals surface area contributed by atoms with Crippen molar-refractivity contribution in [2.45, 2.75) is 39.2 Å². The molecule has 0 aromatic carbocycles. The molecule has 2 aromatic rings. The number of nitrogens with one attached hydrogen (secondary N) is 1. The number of hydrogen-bond acceptors (Lipinski definition) is 7. The van der Waals surface area contributed by atoms with E-state index in [4.69, 9.17) is 21.1 Å². The maximum absolute atomic E-state index is 12.6. The van der Waals surface area contributed by atoms with Crippen molar-refractivity contribution in [2.75, 3.05) is 12.4 Å². The van der Waals surface area contributed by atoms with Gasteiger partial charge in [-0.1, -0.05) is 18.5 Å². The molecule has 0 aliphatic heterocycles. The molecule has 0 bridgehead atoms. The van der Waals surface area contributed by atoms with Gasteiger partial charge >= 0.3 is 11.9 Å². The van der Waals surface area contributed by atoms with E-state index >= 15 is 0 Å². The topological polar surface area (TPSA) is 94.6 Å². The zero-order valence-electron chi connectivity index (χ0n) is 16.3. The number of aromatic nitrogens is 1. The first-order valence-corrected chi connectivity index (χ1v) is 10.4. The summed E-state index contributed by atoms with van der Waals surface area (Å²) in [6, 6.07) is 2.81. The fraction of sp³-hybridized carbons (Fsp3) is 0.400. The van der Waals surface area contributed by atoms with Gasteiger partial charge in [0.05, 0.1) is 18.2 Å². The van der Waals surface area contributed by atoms with Crippen LogP contribution < -0.4 is 5.32 Å². The molecule has 0 spiro atoms. The number of nitrogens with zero attached hydrogens (tertiary/aromatic N) is 1. The second kappa shape index (κ2) is 8.92. The van der Waals surface area contributed by atoms with Crippen molar-refractivity contribution < 1.29 is 23.9 Å². The van der Waals surface area contributed by atoms with Crippen LogP contribution in [0.2, 0.25) is 5.15 Å². The van der Waals surface area contributed by atoms with Crippen molar-refractivity contribution >= 4 is 45.8 Å². The van der Waals surface area contributed by atoms with Gasteiger partial charge in [0.1, 0.15) is 10.2 Å². The molecule has 3 rings (SSSR count). The highest BCUT2D eigenvalue weighted by molar-refractivity contribution is 7.17. The van der Waals surface area contributed by atoms with Gasteiger partial charge in [-0.2, -0.15) is 0 Å². The van der Waals surface area contributed by atoms with Crippen molar-refractivity contribution in [3.63, 3.8) is 0 Å². The van der Waals surface area contributed by atoms with Gasteiger partial charge < -0.3 is 14.8 Å². The number of fused-ring (bicyclic) bond motifs is 1. The number of amides is 1. The van der Waals surface area contributed by atoms with Crippen LogP contribution in [0.25, 0.3) is 0 Å².